The van der Waals surface area contributed by atoms with Gasteiger partial charge in [-0.3, -0.25) is 0 Å². The molecule has 0 N–H and O–H groups in total. The van der Waals surface area contributed by atoms with E-state index < -0.39 is 0 Å². The van der Waals surface area contributed by atoms with Crippen LogP contribution in [0.15, 0.2) is 42.5 Å². The molecule has 0 radical (unpaired) electrons. The van der Waals surface area contributed by atoms with Gasteiger partial charge in [-0.2, -0.15) is 5.26 Å². The van der Waals surface area contributed by atoms with Crippen LogP contribution in [-0.2, 0) is 13.0 Å². The number of para-hydroxylation sites is 1. The van der Waals surface area contributed by atoms with Gasteiger partial charge in [0.25, 0.3) is 0 Å². The van der Waals surface area contributed by atoms with E-state index >= 15 is 0 Å². The van der Waals surface area contributed by atoms with Gasteiger partial charge in [0.15, 0.2) is 0 Å². The summed E-state index contributed by atoms with van der Waals surface area (Å²) in [6.45, 7) is 2.48. The maximum absolute atomic E-state index is 8.96. The Morgan fingerprint density at radius 3 is 2.55 bits per heavy atom. The number of nitrogens with zero attached hydrogens (tertiary/aromatic N) is 1. The third kappa shape index (κ3) is 3.10. The van der Waals surface area contributed by atoms with Gasteiger partial charge < -0.3 is 9.47 Å². The Morgan fingerprint density at radius 1 is 1.05 bits per heavy atom. The van der Waals surface area contributed by atoms with E-state index in [9.17, 15) is 0 Å². The molecule has 20 heavy (non-hydrogen) atoms. The lowest BCUT2D eigenvalue weighted by atomic mass is 10.1. The zero-order valence-corrected chi connectivity index (χ0v) is 11.7. The van der Waals surface area contributed by atoms with Crippen molar-refractivity contribution in [2.24, 2.45) is 0 Å². The summed E-state index contributed by atoms with van der Waals surface area (Å²) in [5, 5.41) is 8.96. The van der Waals surface area contributed by atoms with Gasteiger partial charge in [0.2, 0.25) is 0 Å². The van der Waals surface area contributed by atoms with Crippen molar-refractivity contribution in [3.05, 3.63) is 59.2 Å². The molecule has 0 aliphatic carbocycles. The highest BCUT2D eigenvalue weighted by atomic mass is 16.5. The monoisotopic (exact) mass is 267 g/mol. The molecule has 0 aliphatic heterocycles. The number of hydrogen-bond acceptors (Lipinski definition) is 3. The van der Waals surface area contributed by atoms with Gasteiger partial charge in [-0.15, -0.1) is 0 Å². The van der Waals surface area contributed by atoms with Gasteiger partial charge in [-0.1, -0.05) is 25.1 Å². The quantitative estimate of drug-likeness (QED) is 0.829. The summed E-state index contributed by atoms with van der Waals surface area (Å²) in [4.78, 5) is 0. The summed E-state index contributed by atoms with van der Waals surface area (Å²) < 4.78 is 11.2. The highest BCUT2D eigenvalue weighted by Gasteiger charge is 2.07. The van der Waals surface area contributed by atoms with Crippen LogP contribution in [0.5, 0.6) is 11.5 Å². The first-order valence-corrected chi connectivity index (χ1v) is 6.56. The Labute approximate surface area is 119 Å². The number of nitriles is 1. The van der Waals surface area contributed by atoms with Gasteiger partial charge in [0.05, 0.1) is 18.7 Å². The topological polar surface area (TPSA) is 42.2 Å². The summed E-state index contributed by atoms with van der Waals surface area (Å²) in [5.74, 6) is 1.61. The number of aryl methyl sites for hydroxylation is 1. The van der Waals surface area contributed by atoms with Crippen LogP contribution in [0.2, 0.25) is 0 Å². The van der Waals surface area contributed by atoms with Crippen LogP contribution in [0, 0.1) is 11.3 Å². The molecule has 0 saturated carbocycles. The summed E-state index contributed by atoms with van der Waals surface area (Å²) in [6, 6.07) is 15.4. The van der Waals surface area contributed by atoms with Crippen LogP contribution in [0.4, 0.5) is 0 Å². The van der Waals surface area contributed by atoms with Crippen molar-refractivity contribution in [1.82, 2.24) is 0 Å². The average molecular weight is 267 g/mol. The summed E-state index contributed by atoms with van der Waals surface area (Å²) >= 11 is 0. The van der Waals surface area contributed by atoms with E-state index in [-0.39, 0.29) is 0 Å². The minimum atomic E-state index is 0.385. The highest BCUT2D eigenvalue weighted by molar-refractivity contribution is 5.42. The van der Waals surface area contributed by atoms with Crippen molar-refractivity contribution in [2.75, 3.05) is 7.11 Å². The van der Waals surface area contributed by atoms with Crippen molar-refractivity contribution in [3.63, 3.8) is 0 Å². The van der Waals surface area contributed by atoms with E-state index in [1.165, 1.54) is 5.56 Å². The lowest BCUT2D eigenvalue weighted by molar-refractivity contribution is 0.294. The molecule has 2 aromatic carbocycles. The third-order valence-electron chi connectivity index (χ3n) is 3.15. The first kappa shape index (κ1) is 14.0. The van der Waals surface area contributed by atoms with Crippen molar-refractivity contribution < 1.29 is 9.47 Å². The first-order chi connectivity index (χ1) is 9.78. The molecule has 2 rings (SSSR count). The predicted molar refractivity (Wildman–Crippen MR) is 77.9 cm³/mol. The van der Waals surface area contributed by atoms with Crippen molar-refractivity contribution in [1.29, 1.82) is 5.26 Å². The third-order valence-corrected chi connectivity index (χ3v) is 3.15. The number of methoxy groups -OCH3 is 1. The van der Waals surface area contributed by atoms with Gasteiger partial charge in [0.1, 0.15) is 18.1 Å². The van der Waals surface area contributed by atoms with Crippen LogP contribution in [0.1, 0.15) is 23.6 Å². The highest BCUT2D eigenvalue weighted by Crippen LogP contribution is 2.24. The Kier molecular flexibility index (Phi) is 4.62. The molecule has 0 heterocycles. The minimum absolute atomic E-state index is 0.385. The molecule has 0 amide bonds. The second-order valence-corrected chi connectivity index (χ2v) is 4.39. The predicted octanol–water partition coefficient (Wildman–Crippen LogP) is 3.71. The van der Waals surface area contributed by atoms with Crippen molar-refractivity contribution >= 4 is 0 Å². The standard InChI is InChI=1S/C17H17NO2/c1-3-14-6-4-5-7-17(14)20-12-15-10-13(11-18)8-9-16(15)19-2/h4-10H,3,12H2,1-2H3. The largest absolute Gasteiger partial charge is 0.496 e. The average Bonchev–Trinajstić information content (AvgIpc) is 2.52. The molecule has 3 nitrogen and oxygen atoms in total. The summed E-state index contributed by atoms with van der Waals surface area (Å²) in [6.07, 6.45) is 0.922. The zero-order valence-electron chi connectivity index (χ0n) is 11.7. The van der Waals surface area contributed by atoms with Crippen LogP contribution in [0.25, 0.3) is 0 Å². The molecule has 0 atom stereocenters. The van der Waals surface area contributed by atoms with Crippen LogP contribution in [0.3, 0.4) is 0 Å². The molecule has 102 valence electrons. The Balaban J connectivity index is 2.20. The number of ether oxygens (including phenoxy) is 2. The molecule has 0 spiro atoms. The van der Waals surface area contributed by atoms with E-state index in [0.29, 0.717) is 12.2 Å². The van der Waals surface area contributed by atoms with Crippen LogP contribution < -0.4 is 9.47 Å². The molecule has 0 aromatic heterocycles. The second kappa shape index (κ2) is 6.63. The number of hydrogen-bond donors (Lipinski definition) is 0. The molecule has 0 bridgehead atoms. The molecule has 2 aromatic rings. The van der Waals surface area contributed by atoms with Gasteiger partial charge in [0, 0.05) is 5.56 Å². The van der Waals surface area contributed by atoms with E-state index in [4.69, 9.17) is 14.7 Å². The number of benzene rings is 2. The molecular formula is C17H17NO2. The summed E-state index contributed by atoms with van der Waals surface area (Å²) in [5.41, 5.74) is 2.65. The lowest BCUT2D eigenvalue weighted by Gasteiger charge is -2.12. The fraction of sp³-hybridized carbons (Fsp3) is 0.235. The Bertz CT molecular complexity index is 629. The maximum atomic E-state index is 8.96. The fourth-order valence-corrected chi connectivity index (χ4v) is 2.05. The number of rotatable bonds is 5. The maximum Gasteiger partial charge on any atom is 0.125 e. The van der Waals surface area contributed by atoms with Crippen molar-refractivity contribution in [2.45, 2.75) is 20.0 Å². The van der Waals surface area contributed by atoms with E-state index in [2.05, 4.69) is 19.1 Å². The molecule has 0 saturated heterocycles. The van der Waals surface area contributed by atoms with Crippen molar-refractivity contribution in [3.8, 4) is 17.6 Å². The molecule has 0 unspecified atom stereocenters. The zero-order chi connectivity index (χ0) is 14.4. The smallest absolute Gasteiger partial charge is 0.125 e. The Hall–Kier alpha value is -2.47. The SMILES string of the molecule is CCc1ccccc1OCc1cc(C#N)ccc1OC. The summed E-state index contributed by atoms with van der Waals surface area (Å²) in [7, 11) is 1.62. The molecule has 3 heteroatoms. The minimum Gasteiger partial charge on any atom is -0.496 e. The normalized spacial score (nSPS) is 9.85. The van der Waals surface area contributed by atoms with E-state index in [1.54, 1.807) is 25.3 Å². The van der Waals surface area contributed by atoms with E-state index in [0.717, 1.165) is 23.5 Å². The van der Waals surface area contributed by atoms with Crippen LogP contribution >= 0.6 is 0 Å². The Morgan fingerprint density at radius 2 is 1.85 bits per heavy atom. The first-order valence-electron chi connectivity index (χ1n) is 6.56. The van der Waals surface area contributed by atoms with Gasteiger partial charge in [-0.25, -0.2) is 0 Å². The van der Waals surface area contributed by atoms with E-state index in [1.807, 2.05) is 18.2 Å². The van der Waals surface area contributed by atoms with Gasteiger partial charge in [-0.05, 0) is 36.2 Å². The molecular weight excluding hydrogens is 250 g/mol. The lowest BCUT2D eigenvalue weighted by Crippen LogP contribution is -2.01. The van der Waals surface area contributed by atoms with Crippen LogP contribution in [-0.4, -0.2) is 7.11 Å². The second-order valence-electron chi connectivity index (χ2n) is 4.39. The van der Waals surface area contributed by atoms with Gasteiger partial charge >= 0.3 is 0 Å². The molecule has 0 fully saturated rings. The fourth-order valence-electron chi connectivity index (χ4n) is 2.05. The molecule has 0 aliphatic rings.